The highest BCUT2D eigenvalue weighted by molar-refractivity contribution is 5.31. The molecule has 0 aromatic heterocycles. The topological polar surface area (TPSA) is 50.7 Å². The Balaban J connectivity index is 1.51. The first kappa shape index (κ1) is 16.3. The number of para-hydroxylation sites is 1. The maximum Gasteiger partial charge on any atom is 0.122 e. The number of aliphatic hydroxyl groups is 1. The summed E-state index contributed by atoms with van der Waals surface area (Å²) in [6.07, 6.45) is 4.96. The highest BCUT2D eigenvalue weighted by Gasteiger charge is 2.14. The summed E-state index contributed by atoms with van der Waals surface area (Å²) in [5.74, 6) is 0.834. The van der Waals surface area contributed by atoms with Gasteiger partial charge in [0.2, 0.25) is 0 Å². The number of benzene rings is 1. The molecule has 118 valence electrons. The fourth-order valence-electron chi connectivity index (χ4n) is 2.58. The minimum atomic E-state index is -0.504. The van der Waals surface area contributed by atoms with E-state index in [2.05, 4.69) is 5.32 Å². The smallest absolute Gasteiger partial charge is 0.122 e. The number of aryl methyl sites for hydroxylation is 1. The zero-order valence-electron chi connectivity index (χ0n) is 12.9. The van der Waals surface area contributed by atoms with E-state index < -0.39 is 6.10 Å². The van der Waals surface area contributed by atoms with Crippen LogP contribution in [0.1, 0.15) is 31.2 Å². The molecule has 1 saturated carbocycles. The summed E-state index contributed by atoms with van der Waals surface area (Å²) < 4.78 is 11.4. The lowest BCUT2D eigenvalue weighted by Gasteiger charge is -2.15. The Morgan fingerprint density at radius 3 is 2.81 bits per heavy atom. The molecule has 1 aromatic carbocycles. The number of aliphatic hydroxyl groups excluding tert-OH is 1. The van der Waals surface area contributed by atoms with E-state index in [1.807, 2.05) is 31.2 Å². The summed E-state index contributed by atoms with van der Waals surface area (Å²) in [6.45, 7) is 4.33. The first-order valence-corrected chi connectivity index (χ1v) is 7.94. The molecule has 1 aliphatic carbocycles. The fraction of sp³-hybridized carbons (Fsp3) is 0.647. The molecule has 2 N–H and O–H groups in total. The highest BCUT2D eigenvalue weighted by Crippen LogP contribution is 2.20. The lowest BCUT2D eigenvalue weighted by atomic mass is 10.2. The minimum Gasteiger partial charge on any atom is -0.491 e. The molecular formula is C17H27NO3. The Hall–Kier alpha value is -1.10. The van der Waals surface area contributed by atoms with Gasteiger partial charge in [-0.2, -0.15) is 0 Å². The van der Waals surface area contributed by atoms with E-state index in [9.17, 15) is 5.11 Å². The van der Waals surface area contributed by atoms with Crippen LogP contribution in [0.3, 0.4) is 0 Å². The van der Waals surface area contributed by atoms with Gasteiger partial charge in [-0.3, -0.25) is 0 Å². The summed E-state index contributed by atoms with van der Waals surface area (Å²) >= 11 is 0. The second kappa shape index (κ2) is 9.03. The standard InChI is InChI=1S/C17H27NO3/c1-14-6-2-5-9-17(14)21-13-15(19)12-18-10-11-20-16-7-3-4-8-16/h2,5-6,9,15-16,18-19H,3-4,7-8,10-13H2,1H3. The lowest BCUT2D eigenvalue weighted by Crippen LogP contribution is -2.33. The fourth-order valence-corrected chi connectivity index (χ4v) is 2.58. The van der Waals surface area contributed by atoms with Crippen molar-refractivity contribution in [1.82, 2.24) is 5.32 Å². The largest absolute Gasteiger partial charge is 0.491 e. The minimum absolute atomic E-state index is 0.307. The molecule has 2 rings (SSSR count). The molecule has 1 aromatic rings. The van der Waals surface area contributed by atoms with Gasteiger partial charge in [-0.25, -0.2) is 0 Å². The van der Waals surface area contributed by atoms with Gasteiger partial charge in [-0.15, -0.1) is 0 Å². The van der Waals surface area contributed by atoms with Crippen molar-refractivity contribution >= 4 is 0 Å². The average Bonchev–Trinajstić information content (AvgIpc) is 2.99. The Morgan fingerprint density at radius 2 is 2.05 bits per heavy atom. The molecule has 0 heterocycles. The van der Waals surface area contributed by atoms with E-state index in [4.69, 9.17) is 9.47 Å². The lowest BCUT2D eigenvalue weighted by molar-refractivity contribution is 0.0562. The molecule has 1 unspecified atom stereocenters. The zero-order valence-corrected chi connectivity index (χ0v) is 12.9. The normalized spacial score (nSPS) is 17.0. The Bertz CT molecular complexity index is 405. The van der Waals surface area contributed by atoms with E-state index in [1.54, 1.807) is 0 Å². The molecule has 4 heteroatoms. The molecule has 0 bridgehead atoms. The van der Waals surface area contributed by atoms with Crippen LogP contribution in [-0.2, 0) is 4.74 Å². The number of rotatable bonds is 9. The number of hydrogen-bond donors (Lipinski definition) is 2. The summed E-state index contributed by atoms with van der Waals surface area (Å²) in [4.78, 5) is 0. The van der Waals surface area contributed by atoms with Gasteiger partial charge in [0.15, 0.2) is 0 Å². The van der Waals surface area contributed by atoms with Crippen molar-refractivity contribution in [3.05, 3.63) is 29.8 Å². The molecule has 1 fully saturated rings. The van der Waals surface area contributed by atoms with Crippen molar-refractivity contribution in [3.8, 4) is 5.75 Å². The molecule has 0 radical (unpaired) electrons. The SMILES string of the molecule is Cc1ccccc1OCC(O)CNCCOC1CCCC1. The monoisotopic (exact) mass is 293 g/mol. The molecule has 0 spiro atoms. The van der Waals surface area contributed by atoms with E-state index >= 15 is 0 Å². The van der Waals surface area contributed by atoms with Crippen molar-refractivity contribution in [3.63, 3.8) is 0 Å². The second-order valence-corrected chi connectivity index (χ2v) is 5.71. The third-order valence-corrected chi connectivity index (χ3v) is 3.84. The van der Waals surface area contributed by atoms with E-state index in [1.165, 1.54) is 25.7 Å². The zero-order chi connectivity index (χ0) is 14.9. The third kappa shape index (κ3) is 6.04. The predicted molar refractivity (Wildman–Crippen MR) is 83.8 cm³/mol. The van der Waals surface area contributed by atoms with Gasteiger partial charge >= 0.3 is 0 Å². The van der Waals surface area contributed by atoms with Gasteiger partial charge in [0.05, 0.1) is 12.7 Å². The van der Waals surface area contributed by atoms with E-state index in [0.29, 0.717) is 19.3 Å². The molecule has 1 atom stereocenters. The molecule has 0 amide bonds. The maximum atomic E-state index is 9.88. The second-order valence-electron chi connectivity index (χ2n) is 5.71. The number of nitrogens with one attached hydrogen (secondary N) is 1. The maximum absolute atomic E-state index is 9.88. The van der Waals surface area contributed by atoms with Gasteiger partial charge in [0.25, 0.3) is 0 Å². The Kier molecular flexibility index (Phi) is 7.00. The quantitative estimate of drug-likeness (QED) is 0.686. The van der Waals surface area contributed by atoms with Gasteiger partial charge in [-0.1, -0.05) is 31.0 Å². The van der Waals surface area contributed by atoms with Crippen LogP contribution in [0.15, 0.2) is 24.3 Å². The van der Waals surface area contributed by atoms with E-state index in [0.717, 1.165) is 24.5 Å². The Morgan fingerprint density at radius 1 is 1.29 bits per heavy atom. The van der Waals surface area contributed by atoms with Crippen molar-refractivity contribution in [2.45, 2.75) is 44.8 Å². The summed E-state index contributed by atoms with van der Waals surface area (Å²) in [6, 6.07) is 7.84. The number of ether oxygens (including phenoxy) is 2. The van der Waals surface area contributed by atoms with Crippen LogP contribution in [0.5, 0.6) is 5.75 Å². The van der Waals surface area contributed by atoms with Crippen molar-refractivity contribution < 1.29 is 14.6 Å². The first-order valence-electron chi connectivity index (χ1n) is 7.94. The van der Waals surface area contributed by atoms with Crippen LogP contribution in [0.4, 0.5) is 0 Å². The molecule has 21 heavy (non-hydrogen) atoms. The molecule has 1 aliphatic rings. The predicted octanol–water partition coefficient (Wildman–Crippen LogP) is 2.28. The van der Waals surface area contributed by atoms with Crippen LogP contribution in [-0.4, -0.2) is 43.6 Å². The van der Waals surface area contributed by atoms with Crippen molar-refractivity contribution in [2.24, 2.45) is 0 Å². The summed E-state index contributed by atoms with van der Waals surface area (Å²) in [5.41, 5.74) is 1.09. The van der Waals surface area contributed by atoms with Gasteiger partial charge in [0.1, 0.15) is 18.5 Å². The number of hydrogen-bond acceptors (Lipinski definition) is 4. The van der Waals surface area contributed by atoms with E-state index in [-0.39, 0.29) is 0 Å². The van der Waals surface area contributed by atoms with Crippen LogP contribution >= 0.6 is 0 Å². The summed E-state index contributed by atoms with van der Waals surface area (Å²) in [7, 11) is 0. The molecule has 0 aliphatic heterocycles. The van der Waals surface area contributed by atoms with Gasteiger partial charge in [-0.05, 0) is 31.4 Å². The van der Waals surface area contributed by atoms with Crippen molar-refractivity contribution in [2.75, 3.05) is 26.3 Å². The summed E-state index contributed by atoms with van der Waals surface area (Å²) in [5, 5.41) is 13.1. The van der Waals surface area contributed by atoms with Crippen molar-refractivity contribution in [1.29, 1.82) is 0 Å². The van der Waals surface area contributed by atoms with Crippen LogP contribution in [0.2, 0.25) is 0 Å². The average molecular weight is 293 g/mol. The van der Waals surface area contributed by atoms with Gasteiger partial charge in [0, 0.05) is 13.1 Å². The highest BCUT2D eigenvalue weighted by atomic mass is 16.5. The molecule has 0 saturated heterocycles. The Labute approximate surface area is 127 Å². The van der Waals surface area contributed by atoms with Crippen LogP contribution in [0, 0.1) is 6.92 Å². The third-order valence-electron chi connectivity index (χ3n) is 3.84. The molecule has 4 nitrogen and oxygen atoms in total. The van der Waals surface area contributed by atoms with Crippen LogP contribution < -0.4 is 10.1 Å². The first-order chi connectivity index (χ1) is 10.3. The van der Waals surface area contributed by atoms with Gasteiger partial charge < -0.3 is 19.9 Å². The molecular weight excluding hydrogens is 266 g/mol. The van der Waals surface area contributed by atoms with Crippen LogP contribution in [0.25, 0.3) is 0 Å².